The average molecular weight is 405 g/mol. The number of nitrogens with one attached hydrogen (secondary N) is 2. The summed E-state index contributed by atoms with van der Waals surface area (Å²) in [6, 6.07) is 3.74. The van der Waals surface area contributed by atoms with E-state index in [1.165, 1.54) is 0 Å². The van der Waals surface area contributed by atoms with Gasteiger partial charge < -0.3 is 25.2 Å². The molecule has 0 spiro atoms. The van der Waals surface area contributed by atoms with Gasteiger partial charge in [0, 0.05) is 6.42 Å². The molecule has 3 rings (SSSR count). The number of aliphatic hydroxyl groups is 1. The Labute approximate surface area is 169 Å². The number of carbonyl (C=O) groups is 3. The fourth-order valence-corrected chi connectivity index (χ4v) is 3.47. The first-order valence-electron chi connectivity index (χ1n) is 9.78. The summed E-state index contributed by atoms with van der Waals surface area (Å²) in [5, 5.41) is 14.8. The third-order valence-corrected chi connectivity index (χ3v) is 4.89. The van der Waals surface area contributed by atoms with E-state index in [0.29, 0.717) is 23.8 Å². The van der Waals surface area contributed by atoms with E-state index in [4.69, 9.17) is 9.47 Å². The third-order valence-electron chi connectivity index (χ3n) is 4.89. The normalized spacial score (nSPS) is 18.9. The maximum atomic E-state index is 12.6. The number of imide groups is 1. The first kappa shape index (κ1) is 20.9. The zero-order valence-electron chi connectivity index (χ0n) is 16.6. The molecule has 0 saturated carbocycles. The van der Waals surface area contributed by atoms with Gasteiger partial charge in [-0.1, -0.05) is 19.9 Å². The molecule has 2 aliphatic heterocycles. The summed E-state index contributed by atoms with van der Waals surface area (Å²) in [7, 11) is 0. The Kier molecular flexibility index (Phi) is 6.58. The maximum absolute atomic E-state index is 12.6. The van der Waals surface area contributed by atoms with Gasteiger partial charge in [0.25, 0.3) is 5.91 Å². The molecule has 9 nitrogen and oxygen atoms in total. The van der Waals surface area contributed by atoms with Crippen molar-refractivity contribution in [3.8, 4) is 11.5 Å². The van der Waals surface area contributed by atoms with Crippen LogP contribution in [-0.2, 0) is 16.1 Å². The predicted molar refractivity (Wildman–Crippen MR) is 103 cm³/mol. The number of rotatable bonds is 9. The molecule has 2 heterocycles. The van der Waals surface area contributed by atoms with Crippen LogP contribution < -0.4 is 20.1 Å². The van der Waals surface area contributed by atoms with Crippen molar-refractivity contribution in [2.45, 2.75) is 51.7 Å². The largest absolute Gasteiger partial charge is 0.454 e. The molecule has 9 heteroatoms. The van der Waals surface area contributed by atoms with E-state index in [2.05, 4.69) is 10.6 Å². The lowest BCUT2D eigenvalue weighted by Crippen LogP contribution is -2.39. The standard InChI is InChI=1S/C20H27N3O6/c1-12(2)7-14(10-24)21-18(25)6-4-15-19(26)23(20(27)22-15)9-13-3-5-16-17(8-13)29-11-28-16/h3,5,8,12,14-15,24H,4,6-7,9-11H2,1-2H3,(H,21,25)(H,22,27)/t14-,15-/m0/s1. The molecule has 1 aromatic rings. The summed E-state index contributed by atoms with van der Waals surface area (Å²) >= 11 is 0. The van der Waals surface area contributed by atoms with E-state index in [0.717, 1.165) is 10.5 Å². The minimum atomic E-state index is -0.736. The summed E-state index contributed by atoms with van der Waals surface area (Å²) in [5.41, 5.74) is 0.746. The number of ether oxygens (including phenoxy) is 2. The lowest BCUT2D eigenvalue weighted by atomic mass is 10.0. The second-order valence-corrected chi connectivity index (χ2v) is 7.73. The van der Waals surface area contributed by atoms with Gasteiger partial charge in [0.05, 0.1) is 19.2 Å². The summed E-state index contributed by atoms with van der Waals surface area (Å²) in [4.78, 5) is 38.1. The molecule has 4 amide bonds. The van der Waals surface area contributed by atoms with Gasteiger partial charge in [-0.05, 0) is 36.5 Å². The first-order chi connectivity index (χ1) is 13.9. The molecular weight excluding hydrogens is 378 g/mol. The van der Waals surface area contributed by atoms with Crippen LogP contribution in [0.25, 0.3) is 0 Å². The second-order valence-electron chi connectivity index (χ2n) is 7.73. The lowest BCUT2D eigenvalue weighted by molar-refractivity contribution is -0.128. The molecule has 0 unspecified atom stereocenters. The van der Waals surface area contributed by atoms with Crippen LogP contribution in [0.2, 0.25) is 0 Å². The van der Waals surface area contributed by atoms with Crippen LogP contribution in [0, 0.1) is 5.92 Å². The second kappa shape index (κ2) is 9.13. The number of urea groups is 1. The van der Waals surface area contributed by atoms with Crippen molar-refractivity contribution in [2.75, 3.05) is 13.4 Å². The molecule has 0 radical (unpaired) electrons. The van der Waals surface area contributed by atoms with E-state index in [-0.39, 0.29) is 50.6 Å². The zero-order valence-corrected chi connectivity index (χ0v) is 16.6. The number of fused-ring (bicyclic) bond motifs is 1. The molecule has 0 aliphatic carbocycles. The fourth-order valence-electron chi connectivity index (χ4n) is 3.47. The fraction of sp³-hybridized carbons (Fsp3) is 0.550. The Bertz CT molecular complexity index is 781. The minimum absolute atomic E-state index is 0.0865. The number of carbonyl (C=O) groups excluding carboxylic acids is 3. The van der Waals surface area contributed by atoms with E-state index >= 15 is 0 Å². The highest BCUT2D eigenvalue weighted by molar-refractivity contribution is 6.04. The maximum Gasteiger partial charge on any atom is 0.325 e. The molecule has 0 bridgehead atoms. The van der Waals surface area contributed by atoms with Gasteiger partial charge in [-0.25, -0.2) is 4.79 Å². The number of benzene rings is 1. The van der Waals surface area contributed by atoms with Crippen LogP contribution in [0.4, 0.5) is 4.79 Å². The summed E-state index contributed by atoms with van der Waals surface area (Å²) in [5.74, 6) is 0.950. The SMILES string of the molecule is CC(C)C[C@@H](CO)NC(=O)CC[C@@H]1NC(=O)N(Cc2ccc3c(c2)OCO3)C1=O. The summed E-state index contributed by atoms with van der Waals surface area (Å²) in [6.45, 7) is 4.16. The molecule has 29 heavy (non-hydrogen) atoms. The number of aliphatic hydroxyl groups excluding tert-OH is 1. The highest BCUT2D eigenvalue weighted by Crippen LogP contribution is 2.33. The smallest absolute Gasteiger partial charge is 0.325 e. The number of nitrogens with zero attached hydrogens (tertiary/aromatic N) is 1. The van der Waals surface area contributed by atoms with Gasteiger partial charge in [-0.2, -0.15) is 0 Å². The zero-order chi connectivity index (χ0) is 21.0. The topological polar surface area (TPSA) is 117 Å². The Hall–Kier alpha value is -2.81. The average Bonchev–Trinajstić information content (AvgIpc) is 3.24. The summed E-state index contributed by atoms with van der Waals surface area (Å²) < 4.78 is 10.6. The molecule has 1 aromatic carbocycles. The van der Waals surface area contributed by atoms with Crippen LogP contribution in [0.1, 0.15) is 38.7 Å². The predicted octanol–water partition coefficient (Wildman–Crippen LogP) is 1.14. The molecule has 0 aromatic heterocycles. The van der Waals surface area contributed by atoms with Crippen LogP contribution >= 0.6 is 0 Å². The molecule has 158 valence electrons. The molecule has 2 atom stereocenters. The molecule has 1 saturated heterocycles. The Morgan fingerprint density at radius 1 is 1.31 bits per heavy atom. The van der Waals surface area contributed by atoms with Crippen molar-refractivity contribution in [3.63, 3.8) is 0 Å². The monoisotopic (exact) mass is 405 g/mol. The number of amides is 4. The van der Waals surface area contributed by atoms with Crippen molar-refractivity contribution >= 4 is 17.8 Å². The summed E-state index contributed by atoms with van der Waals surface area (Å²) in [6.07, 6.45) is 0.960. The third kappa shape index (κ3) is 5.17. The van der Waals surface area contributed by atoms with E-state index in [1.807, 2.05) is 13.8 Å². The quantitative estimate of drug-likeness (QED) is 0.531. The number of hydrogen-bond donors (Lipinski definition) is 3. The minimum Gasteiger partial charge on any atom is -0.454 e. The van der Waals surface area contributed by atoms with Crippen molar-refractivity contribution in [2.24, 2.45) is 5.92 Å². The molecular formula is C20H27N3O6. The van der Waals surface area contributed by atoms with Crippen LogP contribution in [0.15, 0.2) is 18.2 Å². The highest BCUT2D eigenvalue weighted by Gasteiger charge is 2.38. The van der Waals surface area contributed by atoms with E-state index in [1.54, 1.807) is 18.2 Å². The van der Waals surface area contributed by atoms with Gasteiger partial charge in [-0.3, -0.25) is 14.5 Å². The molecule has 1 fully saturated rings. The lowest BCUT2D eigenvalue weighted by Gasteiger charge is -2.18. The van der Waals surface area contributed by atoms with Crippen molar-refractivity contribution < 1.29 is 29.0 Å². The van der Waals surface area contributed by atoms with Gasteiger partial charge in [0.1, 0.15) is 6.04 Å². The van der Waals surface area contributed by atoms with Crippen LogP contribution in [0.5, 0.6) is 11.5 Å². The van der Waals surface area contributed by atoms with E-state index < -0.39 is 12.1 Å². The Balaban J connectivity index is 1.51. The van der Waals surface area contributed by atoms with Crippen molar-refractivity contribution in [3.05, 3.63) is 23.8 Å². The van der Waals surface area contributed by atoms with Gasteiger partial charge >= 0.3 is 6.03 Å². The van der Waals surface area contributed by atoms with Gasteiger partial charge in [-0.15, -0.1) is 0 Å². The van der Waals surface area contributed by atoms with Gasteiger partial charge in [0.2, 0.25) is 12.7 Å². The van der Waals surface area contributed by atoms with Crippen molar-refractivity contribution in [1.82, 2.24) is 15.5 Å². The Morgan fingerprint density at radius 2 is 2.07 bits per heavy atom. The van der Waals surface area contributed by atoms with Crippen LogP contribution in [-0.4, -0.2) is 53.3 Å². The van der Waals surface area contributed by atoms with Gasteiger partial charge in [0.15, 0.2) is 11.5 Å². The Morgan fingerprint density at radius 3 is 2.79 bits per heavy atom. The number of hydrogen-bond acceptors (Lipinski definition) is 6. The van der Waals surface area contributed by atoms with Crippen molar-refractivity contribution in [1.29, 1.82) is 0 Å². The van der Waals surface area contributed by atoms with Crippen LogP contribution in [0.3, 0.4) is 0 Å². The first-order valence-corrected chi connectivity index (χ1v) is 9.78. The highest BCUT2D eigenvalue weighted by atomic mass is 16.7. The molecule has 3 N–H and O–H groups in total. The van der Waals surface area contributed by atoms with E-state index in [9.17, 15) is 19.5 Å². The molecule has 2 aliphatic rings.